The van der Waals surface area contributed by atoms with Crippen LogP contribution in [0.2, 0.25) is 0 Å². The van der Waals surface area contributed by atoms with E-state index in [0.29, 0.717) is 5.56 Å². The van der Waals surface area contributed by atoms with Gasteiger partial charge in [0.05, 0.1) is 18.6 Å². The Hall–Kier alpha value is -2.66. The first-order valence-electron chi connectivity index (χ1n) is 7.92. The van der Waals surface area contributed by atoms with Crippen LogP contribution in [0.5, 0.6) is 0 Å². The number of carbonyl (C=O) groups excluding carboxylic acids is 2. The van der Waals surface area contributed by atoms with Crippen LogP contribution < -0.4 is 10.6 Å². The highest BCUT2D eigenvalue weighted by atomic mass is 16.3. The summed E-state index contributed by atoms with van der Waals surface area (Å²) in [5, 5.41) is 14.8. The number of nitrogens with one attached hydrogen (secondary N) is 2. The maximum Gasteiger partial charge on any atom is 0.251 e. The van der Waals surface area contributed by atoms with Crippen molar-refractivity contribution in [1.82, 2.24) is 10.6 Å². The Morgan fingerprint density at radius 1 is 1.00 bits per heavy atom. The van der Waals surface area contributed by atoms with Gasteiger partial charge in [0.2, 0.25) is 5.91 Å². The Morgan fingerprint density at radius 2 is 1.58 bits per heavy atom. The average Bonchev–Trinajstić information content (AvgIpc) is 2.61. The number of hydrogen-bond acceptors (Lipinski definition) is 3. The molecule has 0 aliphatic carbocycles. The molecule has 0 saturated carbocycles. The van der Waals surface area contributed by atoms with Crippen LogP contribution in [0.15, 0.2) is 60.7 Å². The largest absolute Gasteiger partial charge is 0.392 e. The van der Waals surface area contributed by atoms with E-state index in [2.05, 4.69) is 10.6 Å². The molecule has 0 fully saturated rings. The predicted octanol–water partition coefficient (Wildman–Crippen LogP) is 2.04. The highest BCUT2D eigenvalue weighted by Crippen LogP contribution is 2.17. The van der Waals surface area contributed by atoms with Crippen LogP contribution in [-0.4, -0.2) is 29.6 Å². The third-order valence-electron chi connectivity index (χ3n) is 3.53. The van der Waals surface area contributed by atoms with E-state index in [4.69, 9.17) is 0 Å². The molecule has 3 N–H and O–H groups in total. The molecule has 2 aromatic carbocycles. The minimum atomic E-state index is -0.608. The molecule has 5 heteroatoms. The second-order valence-electron chi connectivity index (χ2n) is 5.66. The molecule has 0 saturated heterocycles. The monoisotopic (exact) mass is 326 g/mol. The summed E-state index contributed by atoms with van der Waals surface area (Å²) in [6.45, 7) is 1.79. The van der Waals surface area contributed by atoms with Crippen molar-refractivity contribution in [3.05, 3.63) is 71.8 Å². The number of aliphatic hydroxyl groups is 1. The van der Waals surface area contributed by atoms with Crippen molar-refractivity contribution in [2.24, 2.45) is 0 Å². The quantitative estimate of drug-likeness (QED) is 0.728. The maximum absolute atomic E-state index is 12.4. The molecule has 0 heterocycles. The molecule has 0 aliphatic rings. The van der Waals surface area contributed by atoms with E-state index in [1.165, 1.54) is 0 Å². The predicted molar refractivity (Wildman–Crippen MR) is 92.4 cm³/mol. The smallest absolute Gasteiger partial charge is 0.251 e. The number of benzene rings is 2. The van der Waals surface area contributed by atoms with E-state index in [1.54, 1.807) is 31.2 Å². The van der Waals surface area contributed by atoms with Gasteiger partial charge < -0.3 is 15.7 Å². The Bertz CT molecular complexity index is 657. The summed E-state index contributed by atoms with van der Waals surface area (Å²) in [5.74, 6) is -0.453. The Labute approximate surface area is 141 Å². The molecule has 5 nitrogen and oxygen atoms in total. The van der Waals surface area contributed by atoms with Crippen LogP contribution >= 0.6 is 0 Å². The summed E-state index contributed by atoms with van der Waals surface area (Å²) in [6, 6.07) is 17.8. The lowest BCUT2D eigenvalue weighted by atomic mass is 10.0. The fourth-order valence-electron chi connectivity index (χ4n) is 2.29. The van der Waals surface area contributed by atoms with Gasteiger partial charge in [0.25, 0.3) is 5.91 Å². The van der Waals surface area contributed by atoms with Crippen molar-refractivity contribution in [3.63, 3.8) is 0 Å². The maximum atomic E-state index is 12.4. The highest BCUT2D eigenvalue weighted by molar-refractivity contribution is 5.94. The van der Waals surface area contributed by atoms with Crippen molar-refractivity contribution in [1.29, 1.82) is 0 Å². The topological polar surface area (TPSA) is 78.4 Å². The summed E-state index contributed by atoms with van der Waals surface area (Å²) < 4.78 is 0. The van der Waals surface area contributed by atoms with Crippen LogP contribution in [0, 0.1) is 0 Å². The van der Waals surface area contributed by atoms with E-state index in [0.717, 1.165) is 5.56 Å². The van der Waals surface area contributed by atoms with Gasteiger partial charge in [-0.2, -0.15) is 0 Å². The second-order valence-corrected chi connectivity index (χ2v) is 5.66. The van der Waals surface area contributed by atoms with Gasteiger partial charge in [-0.05, 0) is 24.6 Å². The summed E-state index contributed by atoms with van der Waals surface area (Å²) in [5.41, 5.74) is 1.40. The molecule has 2 rings (SSSR count). The Morgan fingerprint density at radius 3 is 2.17 bits per heavy atom. The molecule has 0 bridgehead atoms. The normalized spacial score (nSPS) is 12.9. The summed E-state index contributed by atoms with van der Waals surface area (Å²) in [6.07, 6.45) is -0.502. The van der Waals surface area contributed by atoms with Crippen molar-refractivity contribution in [2.45, 2.75) is 25.5 Å². The van der Waals surface area contributed by atoms with Crippen LogP contribution in [0.1, 0.15) is 35.3 Å². The highest BCUT2D eigenvalue weighted by Gasteiger charge is 2.19. The van der Waals surface area contributed by atoms with E-state index in [9.17, 15) is 14.7 Å². The first kappa shape index (κ1) is 17.7. The molecular weight excluding hydrogens is 304 g/mol. The summed E-state index contributed by atoms with van der Waals surface area (Å²) in [4.78, 5) is 24.5. The molecule has 0 aromatic heterocycles. The van der Waals surface area contributed by atoms with Crippen LogP contribution in [0.25, 0.3) is 0 Å². The van der Waals surface area contributed by atoms with Gasteiger partial charge in [0.15, 0.2) is 0 Å². The molecule has 24 heavy (non-hydrogen) atoms. The van der Waals surface area contributed by atoms with Gasteiger partial charge >= 0.3 is 0 Å². The van der Waals surface area contributed by atoms with E-state index in [-0.39, 0.29) is 24.8 Å². The molecule has 126 valence electrons. The van der Waals surface area contributed by atoms with Crippen molar-refractivity contribution >= 4 is 11.8 Å². The SMILES string of the molecule is CC(O)CNC(=O)CC(NC(=O)c1ccccc1)c1ccccc1. The van der Waals surface area contributed by atoms with Gasteiger partial charge in [-0.25, -0.2) is 0 Å². The van der Waals surface area contributed by atoms with Gasteiger partial charge in [-0.3, -0.25) is 9.59 Å². The fraction of sp³-hybridized carbons (Fsp3) is 0.263. The molecule has 0 spiro atoms. The molecule has 2 unspecified atom stereocenters. The van der Waals surface area contributed by atoms with Gasteiger partial charge in [-0.15, -0.1) is 0 Å². The standard InChI is InChI=1S/C19H22N2O3/c1-14(22)13-20-18(23)12-17(15-8-4-2-5-9-15)21-19(24)16-10-6-3-7-11-16/h2-11,14,17,22H,12-13H2,1H3,(H,20,23)(H,21,24). The third kappa shape index (κ3) is 5.52. The second kappa shape index (κ2) is 8.84. The van der Waals surface area contributed by atoms with Crippen LogP contribution in [0.3, 0.4) is 0 Å². The van der Waals surface area contributed by atoms with E-state index < -0.39 is 12.1 Å². The van der Waals surface area contributed by atoms with Crippen molar-refractivity contribution in [2.75, 3.05) is 6.54 Å². The fourth-order valence-corrected chi connectivity index (χ4v) is 2.29. The summed E-state index contributed by atoms with van der Waals surface area (Å²) in [7, 11) is 0. The number of hydrogen-bond donors (Lipinski definition) is 3. The van der Waals surface area contributed by atoms with Crippen molar-refractivity contribution in [3.8, 4) is 0 Å². The lowest BCUT2D eigenvalue weighted by Crippen LogP contribution is -2.36. The zero-order chi connectivity index (χ0) is 17.4. The van der Waals surface area contributed by atoms with Gasteiger partial charge in [-0.1, -0.05) is 48.5 Å². The lowest BCUT2D eigenvalue weighted by Gasteiger charge is -2.19. The number of carbonyl (C=O) groups is 2. The first-order valence-corrected chi connectivity index (χ1v) is 7.92. The van der Waals surface area contributed by atoms with E-state index >= 15 is 0 Å². The van der Waals surface area contributed by atoms with Gasteiger partial charge in [0, 0.05) is 12.1 Å². The number of amides is 2. The van der Waals surface area contributed by atoms with Crippen molar-refractivity contribution < 1.29 is 14.7 Å². The minimum absolute atomic E-state index is 0.106. The molecule has 2 aromatic rings. The Balaban J connectivity index is 2.09. The van der Waals surface area contributed by atoms with E-state index in [1.807, 2.05) is 36.4 Å². The minimum Gasteiger partial charge on any atom is -0.392 e. The number of rotatable bonds is 7. The first-order chi connectivity index (χ1) is 11.6. The Kier molecular flexibility index (Phi) is 6.51. The molecule has 0 aliphatic heterocycles. The molecule has 2 atom stereocenters. The third-order valence-corrected chi connectivity index (χ3v) is 3.53. The van der Waals surface area contributed by atoms with Crippen LogP contribution in [-0.2, 0) is 4.79 Å². The number of aliphatic hydroxyl groups excluding tert-OH is 1. The zero-order valence-electron chi connectivity index (χ0n) is 13.6. The molecular formula is C19H22N2O3. The average molecular weight is 326 g/mol. The van der Waals surface area contributed by atoms with Gasteiger partial charge in [0.1, 0.15) is 0 Å². The molecule has 0 radical (unpaired) electrons. The van der Waals surface area contributed by atoms with Crippen LogP contribution in [0.4, 0.5) is 0 Å². The molecule has 2 amide bonds. The summed E-state index contributed by atoms with van der Waals surface area (Å²) >= 11 is 0. The lowest BCUT2D eigenvalue weighted by molar-refractivity contribution is -0.122. The zero-order valence-corrected chi connectivity index (χ0v) is 13.6.